The van der Waals surface area contributed by atoms with E-state index >= 15 is 0 Å². The molecular formula is C11H16Cl2N2O2S. The SMILES string of the molecule is CS(=O)(=O)NCCCNCc1ccc(Cl)c(Cl)c1. The first kappa shape index (κ1) is 15.7. The summed E-state index contributed by atoms with van der Waals surface area (Å²) in [6.45, 7) is 1.84. The zero-order valence-electron chi connectivity index (χ0n) is 10.0. The van der Waals surface area contributed by atoms with Gasteiger partial charge in [-0.05, 0) is 30.7 Å². The lowest BCUT2D eigenvalue weighted by atomic mass is 10.2. The molecule has 0 saturated carbocycles. The van der Waals surface area contributed by atoms with Crippen molar-refractivity contribution in [2.24, 2.45) is 0 Å². The summed E-state index contributed by atoms with van der Waals surface area (Å²) >= 11 is 11.7. The molecule has 0 aromatic heterocycles. The number of halogens is 2. The van der Waals surface area contributed by atoms with Crippen LogP contribution in [-0.4, -0.2) is 27.8 Å². The molecule has 0 atom stereocenters. The standard InChI is InChI=1S/C11H16Cl2N2O2S/c1-18(16,17)15-6-2-5-14-8-9-3-4-10(12)11(13)7-9/h3-4,7,14-15H,2,5-6,8H2,1H3. The zero-order valence-corrected chi connectivity index (χ0v) is 12.4. The molecule has 0 amide bonds. The molecule has 0 aliphatic rings. The number of rotatable bonds is 7. The Morgan fingerprint density at radius 2 is 1.89 bits per heavy atom. The van der Waals surface area contributed by atoms with E-state index in [1.165, 1.54) is 0 Å². The molecular weight excluding hydrogens is 295 g/mol. The van der Waals surface area contributed by atoms with E-state index in [1.54, 1.807) is 6.07 Å². The van der Waals surface area contributed by atoms with Gasteiger partial charge < -0.3 is 5.32 Å². The summed E-state index contributed by atoms with van der Waals surface area (Å²) in [5, 5.41) is 4.27. The highest BCUT2D eigenvalue weighted by Crippen LogP contribution is 2.22. The molecule has 1 aromatic carbocycles. The van der Waals surface area contributed by atoms with Crippen LogP contribution in [0.1, 0.15) is 12.0 Å². The molecule has 0 spiro atoms. The van der Waals surface area contributed by atoms with Crippen LogP contribution in [0.3, 0.4) is 0 Å². The zero-order chi connectivity index (χ0) is 13.6. The van der Waals surface area contributed by atoms with Gasteiger partial charge in [0.2, 0.25) is 10.0 Å². The lowest BCUT2D eigenvalue weighted by Crippen LogP contribution is -2.26. The van der Waals surface area contributed by atoms with E-state index in [2.05, 4.69) is 10.0 Å². The summed E-state index contributed by atoms with van der Waals surface area (Å²) in [6, 6.07) is 5.47. The molecule has 0 radical (unpaired) electrons. The highest BCUT2D eigenvalue weighted by molar-refractivity contribution is 7.88. The topological polar surface area (TPSA) is 58.2 Å². The number of hydrogen-bond donors (Lipinski definition) is 2. The maximum Gasteiger partial charge on any atom is 0.208 e. The summed E-state index contributed by atoms with van der Waals surface area (Å²) in [5.41, 5.74) is 1.04. The molecule has 0 bridgehead atoms. The van der Waals surface area contributed by atoms with Gasteiger partial charge in [-0.25, -0.2) is 13.1 Å². The first-order chi connectivity index (χ1) is 8.38. The Morgan fingerprint density at radius 1 is 1.17 bits per heavy atom. The Balaban J connectivity index is 2.20. The minimum Gasteiger partial charge on any atom is -0.313 e. The fourth-order valence-corrected chi connectivity index (χ4v) is 2.19. The lowest BCUT2D eigenvalue weighted by Gasteiger charge is -2.06. The molecule has 0 unspecified atom stereocenters. The van der Waals surface area contributed by atoms with Gasteiger partial charge in [-0.3, -0.25) is 0 Å². The summed E-state index contributed by atoms with van der Waals surface area (Å²) < 4.78 is 24.0. The lowest BCUT2D eigenvalue weighted by molar-refractivity contribution is 0.579. The molecule has 102 valence electrons. The number of nitrogens with one attached hydrogen (secondary N) is 2. The van der Waals surface area contributed by atoms with Gasteiger partial charge in [0, 0.05) is 13.1 Å². The van der Waals surface area contributed by atoms with Gasteiger partial charge in [0.05, 0.1) is 16.3 Å². The van der Waals surface area contributed by atoms with Crippen molar-refractivity contribution in [3.8, 4) is 0 Å². The summed E-state index contributed by atoms with van der Waals surface area (Å²) in [7, 11) is -3.08. The molecule has 0 aliphatic heterocycles. The summed E-state index contributed by atoms with van der Waals surface area (Å²) in [6.07, 6.45) is 1.88. The van der Waals surface area contributed by atoms with Crippen LogP contribution in [0.25, 0.3) is 0 Å². The smallest absolute Gasteiger partial charge is 0.208 e. The molecule has 7 heteroatoms. The van der Waals surface area contributed by atoms with Crippen LogP contribution >= 0.6 is 23.2 Å². The third-order valence-electron chi connectivity index (χ3n) is 2.21. The van der Waals surface area contributed by atoms with Crippen molar-refractivity contribution >= 4 is 33.2 Å². The summed E-state index contributed by atoms with van der Waals surface area (Å²) in [5.74, 6) is 0. The second-order valence-electron chi connectivity index (χ2n) is 3.95. The van der Waals surface area contributed by atoms with Crippen molar-refractivity contribution in [1.29, 1.82) is 0 Å². The molecule has 2 N–H and O–H groups in total. The van der Waals surface area contributed by atoms with Crippen LogP contribution in [0.4, 0.5) is 0 Å². The van der Waals surface area contributed by atoms with Crippen LogP contribution in [0.2, 0.25) is 10.0 Å². The van der Waals surface area contributed by atoms with Gasteiger partial charge in [0.15, 0.2) is 0 Å². The van der Waals surface area contributed by atoms with Crippen molar-refractivity contribution in [3.05, 3.63) is 33.8 Å². The van der Waals surface area contributed by atoms with Crippen molar-refractivity contribution < 1.29 is 8.42 Å². The quantitative estimate of drug-likeness (QED) is 0.758. The maximum atomic E-state index is 10.8. The highest BCUT2D eigenvalue weighted by Gasteiger charge is 2.00. The fraction of sp³-hybridized carbons (Fsp3) is 0.455. The van der Waals surface area contributed by atoms with E-state index in [0.29, 0.717) is 23.1 Å². The minimum absolute atomic E-state index is 0.438. The Morgan fingerprint density at radius 3 is 2.50 bits per heavy atom. The van der Waals surface area contributed by atoms with Crippen LogP contribution in [0.5, 0.6) is 0 Å². The molecule has 0 fully saturated rings. The average molecular weight is 311 g/mol. The molecule has 1 rings (SSSR count). The molecule has 0 aliphatic carbocycles. The Kier molecular flexibility index (Phi) is 6.38. The van der Waals surface area contributed by atoms with Crippen LogP contribution in [-0.2, 0) is 16.6 Å². The fourth-order valence-electron chi connectivity index (χ4n) is 1.35. The van der Waals surface area contributed by atoms with E-state index in [-0.39, 0.29) is 0 Å². The highest BCUT2D eigenvalue weighted by atomic mass is 35.5. The Labute approximate surface area is 118 Å². The molecule has 4 nitrogen and oxygen atoms in total. The average Bonchev–Trinajstić information content (AvgIpc) is 2.26. The monoisotopic (exact) mass is 310 g/mol. The van der Waals surface area contributed by atoms with E-state index in [4.69, 9.17) is 23.2 Å². The molecule has 1 aromatic rings. The molecule has 18 heavy (non-hydrogen) atoms. The van der Waals surface area contributed by atoms with Gasteiger partial charge in [-0.1, -0.05) is 29.3 Å². The van der Waals surface area contributed by atoms with Gasteiger partial charge in [-0.2, -0.15) is 0 Å². The Bertz CT molecular complexity index is 492. The third-order valence-corrected chi connectivity index (χ3v) is 3.68. The van der Waals surface area contributed by atoms with E-state index in [1.807, 2.05) is 12.1 Å². The number of benzene rings is 1. The van der Waals surface area contributed by atoms with Crippen molar-refractivity contribution in [1.82, 2.24) is 10.0 Å². The van der Waals surface area contributed by atoms with E-state index in [0.717, 1.165) is 24.8 Å². The van der Waals surface area contributed by atoms with Gasteiger partial charge in [-0.15, -0.1) is 0 Å². The maximum absolute atomic E-state index is 10.8. The van der Waals surface area contributed by atoms with Gasteiger partial charge >= 0.3 is 0 Å². The second kappa shape index (κ2) is 7.31. The Hall–Kier alpha value is -0.330. The normalized spacial score (nSPS) is 11.7. The second-order valence-corrected chi connectivity index (χ2v) is 6.59. The van der Waals surface area contributed by atoms with Crippen LogP contribution in [0.15, 0.2) is 18.2 Å². The molecule has 0 heterocycles. The first-order valence-corrected chi connectivity index (χ1v) is 8.12. The molecule has 0 saturated heterocycles. The van der Waals surface area contributed by atoms with Crippen molar-refractivity contribution in [3.63, 3.8) is 0 Å². The predicted octanol–water partition coefficient (Wildman–Crippen LogP) is 2.02. The van der Waals surface area contributed by atoms with Crippen molar-refractivity contribution in [2.45, 2.75) is 13.0 Å². The van der Waals surface area contributed by atoms with E-state index < -0.39 is 10.0 Å². The number of hydrogen-bond acceptors (Lipinski definition) is 3. The van der Waals surface area contributed by atoms with E-state index in [9.17, 15) is 8.42 Å². The van der Waals surface area contributed by atoms with Crippen LogP contribution in [0, 0.1) is 0 Å². The predicted molar refractivity (Wildman–Crippen MR) is 75.6 cm³/mol. The van der Waals surface area contributed by atoms with Gasteiger partial charge in [0.1, 0.15) is 0 Å². The minimum atomic E-state index is -3.08. The first-order valence-electron chi connectivity index (χ1n) is 5.48. The van der Waals surface area contributed by atoms with Crippen molar-refractivity contribution in [2.75, 3.05) is 19.3 Å². The van der Waals surface area contributed by atoms with Crippen LogP contribution < -0.4 is 10.0 Å². The largest absolute Gasteiger partial charge is 0.313 e. The van der Waals surface area contributed by atoms with Gasteiger partial charge in [0.25, 0.3) is 0 Å². The third kappa shape index (κ3) is 6.56. The number of sulfonamides is 1. The summed E-state index contributed by atoms with van der Waals surface area (Å²) in [4.78, 5) is 0.